The van der Waals surface area contributed by atoms with E-state index in [-0.39, 0.29) is 30.4 Å². The van der Waals surface area contributed by atoms with Gasteiger partial charge in [0.15, 0.2) is 0 Å². The van der Waals surface area contributed by atoms with Crippen LogP contribution in [-0.2, 0) is 9.59 Å². The van der Waals surface area contributed by atoms with Gasteiger partial charge in [0.1, 0.15) is 6.54 Å². The highest BCUT2D eigenvalue weighted by Gasteiger charge is 2.30. The first-order chi connectivity index (χ1) is 9.47. The Bertz CT molecular complexity index is 412. The maximum Gasteiger partial charge on any atom is 0.318 e. The zero-order valence-corrected chi connectivity index (χ0v) is 11.7. The average molecular weight is 283 g/mol. The molecule has 0 spiro atoms. The number of rotatable bonds is 2. The van der Waals surface area contributed by atoms with Crippen LogP contribution in [0.25, 0.3) is 0 Å². The first kappa shape index (κ1) is 14.6. The molecule has 2 rings (SSSR count). The van der Waals surface area contributed by atoms with Crippen LogP contribution in [0.5, 0.6) is 0 Å². The molecule has 2 fully saturated rings. The molecule has 1 aliphatic carbocycles. The van der Waals surface area contributed by atoms with Crippen molar-refractivity contribution in [1.82, 2.24) is 15.1 Å². The summed E-state index contributed by atoms with van der Waals surface area (Å²) in [5.41, 5.74) is 0. The number of piperazine rings is 1. The average Bonchev–Trinajstić information content (AvgIpc) is 2.42. The maximum absolute atomic E-state index is 12.1. The Morgan fingerprint density at radius 1 is 1.30 bits per heavy atom. The van der Waals surface area contributed by atoms with Crippen LogP contribution in [0.4, 0.5) is 4.79 Å². The van der Waals surface area contributed by atoms with E-state index in [2.05, 4.69) is 5.32 Å². The molecule has 2 atom stereocenters. The quantitative estimate of drug-likeness (QED) is 0.753. The molecule has 0 aromatic heterocycles. The van der Waals surface area contributed by atoms with Crippen molar-refractivity contribution in [3.8, 4) is 0 Å². The van der Waals surface area contributed by atoms with Crippen LogP contribution in [-0.4, -0.2) is 65.5 Å². The number of aliphatic carboxylic acids is 1. The van der Waals surface area contributed by atoms with Crippen LogP contribution in [0.2, 0.25) is 0 Å². The second-order valence-electron chi connectivity index (χ2n) is 5.59. The second kappa shape index (κ2) is 6.11. The van der Waals surface area contributed by atoms with Crippen LogP contribution in [0, 0.1) is 5.92 Å². The van der Waals surface area contributed by atoms with Gasteiger partial charge in [-0.15, -0.1) is 0 Å². The number of carbonyl (C=O) groups is 3. The monoisotopic (exact) mass is 283 g/mol. The summed E-state index contributed by atoms with van der Waals surface area (Å²) in [6, 6.07) is -0.366. The molecule has 0 aromatic rings. The van der Waals surface area contributed by atoms with Gasteiger partial charge in [-0.2, -0.15) is 0 Å². The lowest BCUT2D eigenvalue weighted by molar-refractivity contribution is -0.143. The summed E-state index contributed by atoms with van der Waals surface area (Å²) in [6.07, 6.45) is 2.76. The fraction of sp³-hybridized carbons (Fsp3) is 0.769. The van der Waals surface area contributed by atoms with Crippen LogP contribution >= 0.6 is 0 Å². The molecule has 2 N–H and O–H groups in total. The van der Waals surface area contributed by atoms with Crippen molar-refractivity contribution in [2.75, 3.05) is 26.7 Å². The topological polar surface area (TPSA) is 89.9 Å². The van der Waals surface area contributed by atoms with Crippen LogP contribution in [0.3, 0.4) is 0 Å². The third-order valence-corrected chi connectivity index (χ3v) is 4.10. The lowest BCUT2D eigenvalue weighted by atomic mass is 9.86. The lowest BCUT2D eigenvalue weighted by Crippen LogP contribution is -2.55. The molecule has 0 bridgehead atoms. The molecule has 7 nitrogen and oxygen atoms in total. The minimum absolute atomic E-state index is 0.0709. The molecule has 0 aromatic carbocycles. The number of urea groups is 1. The Hall–Kier alpha value is -1.79. The molecule has 1 saturated carbocycles. The minimum atomic E-state index is -0.793. The van der Waals surface area contributed by atoms with Gasteiger partial charge in [-0.25, -0.2) is 4.79 Å². The SMILES string of the molecule is CN1CCN(C(=O)NC2CCCC(C(=O)O)C2)CC1=O. The van der Waals surface area contributed by atoms with E-state index in [1.807, 2.05) is 0 Å². The molecule has 1 heterocycles. The zero-order chi connectivity index (χ0) is 14.7. The summed E-state index contributed by atoms with van der Waals surface area (Å²) in [6.45, 7) is 1.15. The van der Waals surface area contributed by atoms with E-state index in [0.717, 1.165) is 12.8 Å². The molecule has 7 heteroatoms. The number of hydrogen-bond acceptors (Lipinski definition) is 3. The smallest absolute Gasteiger partial charge is 0.318 e. The van der Waals surface area contributed by atoms with E-state index in [1.165, 1.54) is 4.90 Å². The highest BCUT2D eigenvalue weighted by molar-refractivity contribution is 5.85. The van der Waals surface area contributed by atoms with E-state index in [0.29, 0.717) is 25.9 Å². The molecule has 1 saturated heterocycles. The summed E-state index contributed by atoms with van der Waals surface area (Å²) in [5, 5.41) is 11.9. The van der Waals surface area contributed by atoms with Gasteiger partial charge in [0, 0.05) is 26.2 Å². The van der Waals surface area contributed by atoms with Crippen molar-refractivity contribution in [2.24, 2.45) is 5.92 Å². The van der Waals surface area contributed by atoms with Gasteiger partial charge >= 0.3 is 12.0 Å². The Kier molecular flexibility index (Phi) is 4.46. The Morgan fingerprint density at radius 3 is 2.70 bits per heavy atom. The van der Waals surface area contributed by atoms with E-state index in [9.17, 15) is 14.4 Å². The molecule has 112 valence electrons. The number of nitrogens with zero attached hydrogens (tertiary/aromatic N) is 2. The van der Waals surface area contributed by atoms with E-state index in [4.69, 9.17) is 5.11 Å². The second-order valence-corrected chi connectivity index (χ2v) is 5.59. The summed E-state index contributed by atoms with van der Waals surface area (Å²) in [7, 11) is 1.72. The standard InChI is InChI=1S/C13H21N3O4/c1-15-5-6-16(8-11(15)17)13(20)14-10-4-2-3-9(7-10)12(18)19/h9-10H,2-8H2,1H3,(H,14,20)(H,18,19). The van der Waals surface area contributed by atoms with Crippen LogP contribution in [0.15, 0.2) is 0 Å². The number of amides is 3. The molecule has 1 aliphatic heterocycles. The van der Waals surface area contributed by atoms with Crippen molar-refractivity contribution < 1.29 is 19.5 Å². The van der Waals surface area contributed by atoms with E-state index in [1.54, 1.807) is 11.9 Å². The van der Waals surface area contributed by atoms with Crippen LogP contribution < -0.4 is 5.32 Å². The molecule has 3 amide bonds. The largest absolute Gasteiger partial charge is 0.481 e. The Labute approximate surface area is 117 Å². The summed E-state index contributed by atoms with van der Waals surface area (Å²) < 4.78 is 0. The normalized spacial score (nSPS) is 27.4. The minimum Gasteiger partial charge on any atom is -0.481 e. The van der Waals surface area contributed by atoms with Gasteiger partial charge in [-0.3, -0.25) is 9.59 Å². The van der Waals surface area contributed by atoms with Gasteiger partial charge in [0.2, 0.25) is 5.91 Å². The molecular formula is C13H21N3O4. The first-order valence-corrected chi connectivity index (χ1v) is 6.99. The van der Waals surface area contributed by atoms with E-state index < -0.39 is 5.97 Å². The number of carboxylic acid groups (broad SMARTS) is 1. The van der Waals surface area contributed by atoms with Crippen molar-refractivity contribution in [1.29, 1.82) is 0 Å². The maximum atomic E-state index is 12.1. The van der Waals surface area contributed by atoms with Gasteiger partial charge in [-0.1, -0.05) is 6.42 Å². The van der Waals surface area contributed by atoms with Crippen molar-refractivity contribution in [3.63, 3.8) is 0 Å². The third kappa shape index (κ3) is 3.40. The number of carbonyl (C=O) groups excluding carboxylic acids is 2. The Balaban J connectivity index is 1.85. The first-order valence-electron chi connectivity index (χ1n) is 6.99. The van der Waals surface area contributed by atoms with E-state index >= 15 is 0 Å². The van der Waals surface area contributed by atoms with Gasteiger partial charge in [0.05, 0.1) is 5.92 Å². The predicted molar refractivity (Wildman–Crippen MR) is 71.1 cm³/mol. The molecule has 2 aliphatic rings. The highest BCUT2D eigenvalue weighted by Crippen LogP contribution is 2.24. The van der Waals surface area contributed by atoms with Crippen molar-refractivity contribution in [3.05, 3.63) is 0 Å². The van der Waals surface area contributed by atoms with Gasteiger partial charge in [0.25, 0.3) is 0 Å². The summed E-state index contributed by atoms with van der Waals surface area (Å²) in [5.74, 6) is -1.24. The summed E-state index contributed by atoms with van der Waals surface area (Å²) >= 11 is 0. The highest BCUT2D eigenvalue weighted by atomic mass is 16.4. The Morgan fingerprint density at radius 2 is 2.05 bits per heavy atom. The third-order valence-electron chi connectivity index (χ3n) is 4.10. The number of hydrogen-bond donors (Lipinski definition) is 2. The lowest BCUT2D eigenvalue weighted by Gasteiger charge is -2.34. The van der Waals surface area contributed by atoms with Gasteiger partial charge in [-0.05, 0) is 19.3 Å². The van der Waals surface area contributed by atoms with Crippen LogP contribution in [0.1, 0.15) is 25.7 Å². The zero-order valence-electron chi connectivity index (χ0n) is 11.7. The fourth-order valence-corrected chi connectivity index (χ4v) is 2.74. The number of nitrogens with one attached hydrogen (secondary N) is 1. The number of likely N-dealkylation sites (N-methyl/N-ethyl adjacent to an activating group) is 1. The number of carboxylic acids is 1. The predicted octanol–water partition coefficient (Wildman–Crippen LogP) is 0.113. The molecule has 20 heavy (non-hydrogen) atoms. The summed E-state index contributed by atoms with van der Waals surface area (Å²) in [4.78, 5) is 37.7. The molecule has 2 unspecified atom stereocenters. The van der Waals surface area contributed by atoms with Crippen molar-refractivity contribution in [2.45, 2.75) is 31.7 Å². The molecule has 0 radical (unpaired) electrons. The fourth-order valence-electron chi connectivity index (χ4n) is 2.74. The van der Waals surface area contributed by atoms with Crippen molar-refractivity contribution >= 4 is 17.9 Å². The van der Waals surface area contributed by atoms with Gasteiger partial charge < -0.3 is 20.2 Å². The molecular weight excluding hydrogens is 262 g/mol.